The van der Waals surface area contributed by atoms with Gasteiger partial charge in [0.25, 0.3) is 0 Å². The molecule has 0 unspecified atom stereocenters. The molecular weight excluding hydrogens is 318 g/mol. The first-order chi connectivity index (χ1) is 12.2. The summed E-state index contributed by atoms with van der Waals surface area (Å²) in [4.78, 5) is 13.5. The van der Waals surface area contributed by atoms with Gasteiger partial charge >= 0.3 is 0 Å². The normalized spacial score (nSPS) is 16.7. The average Bonchev–Trinajstić information content (AvgIpc) is 3.10. The number of carbonyl (C=O) groups excluding carboxylic acids is 1. The summed E-state index contributed by atoms with van der Waals surface area (Å²) in [5, 5.41) is 9.72. The number of nitrogens with zero attached hydrogens (tertiary/aromatic N) is 1. The van der Waals surface area contributed by atoms with Crippen LogP contribution in [0.25, 0.3) is 0 Å². The summed E-state index contributed by atoms with van der Waals surface area (Å²) in [6.45, 7) is 1.48. The summed E-state index contributed by atoms with van der Waals surface area (Å²) >= 11 is 0. The molecule has 5 nitrogen and oxygen atoms in total. The molecule has 0 aromatic heterocycles. The number of carbonyl (C=O) groups is 1. The van der Waals surface area contributed by atoms with Gasteiger partial charge < -0.3 is 19.5 Å². The van der Waals surface area contributed by atoms with Gasteiger partial charge in [-0.2, -0.15) is 0 Å². The van der Waals surface area contributed by atoms with Crippen molar-refractivity contribution in [3.05, 3.63) is 48.0 Å². The molecule has 1 fully saturated rings. The van der Waals surface area contributed by atoms with Crippen LogP contribution >= 0.6 is 0 Å². The topological polar surface area (TPSA) is 59.0 Å². The molecule has 2 aromatic rings. The van der Waals surface area contributed by atoms with E-state index in [0.717, 1.165) is 37.2 Å². The van der Waals surface area contributed by atoms with E-state index in [9.17, 15) is 9.90 Å². The molecule has 1 atom stereocenters. The van der Waals surface area contributed by atoms with Crippen LogP contribution in [0.15, 0.2) is 42.5 Å². The Labute approximate surface area is 147 Å². The fourth-order valence-corrected chi connectivity index (χ4v) is 3.40. The zero-order valence-corrected chi connectivity index (χ0v) is 14.4. The van der Waals surface area contributed by atoms with Gasteiger partial charge in [0.2, 0.25) is 0 Å². The zero-order chi connectivity index (χ0) is 17.6. The van der Waals surface area contributed by atoms with E-state index in [0.29, 0.717) is 24.7 Å². The third-order valence-corrected chi connectivity index (χ3v) is 4.64. The van der Waals surface area contributed by atoms with Crippen LogP contribution < -0.4 is 14.4 Å². The lowest BCUT2D eigenvalue weighted by Gasteiger charge is -2.28. The van der Waals surface area contributed by atoms with Gasteiger partial charge in [0.05, 0.1) is 25.0 Å². The van der Waals surface area contributed by atoms with Crippen LogP contribution in [0.2, 0.25) is 0 Å². The molecule has 0 bridgehead atoms. The third kappa shape index (κ3) is 3.71. The summed E-state index contributed by atoms with van der Waals surface area (Å²) < 4.78 is 11.2. The number of hydrogen-bond acceptors (Lipinski definition) is 5. The van der Waals surface area contributed by atoms with E-state index in [2.05, 4.69) is 11.0 Å². The Kier molecular flexibility index (Phi) is 5.43. The third-order valence-electron chi connectivity index (χ3n) is 4.64. The van der Waals surface area contributed by atoms with Crippen molar-refractivity contribution in [2.75, 3.05) is 25.2 Å². The van der Waals surface area contributed by atoms with Gasteiger partial charge in [-0.3, -0.25) is 4.79 Å². The Hall–Kier alpha value is -2.69. The smallest absolute Gasteiger partial charge is 0.157 e. The molecule has 25 heavy (non-hydrogen) atoms. The molecule has 3 rings (SSSR count). The van der Waals surface area contributed by atoms with Crippen LogP contribution in [-0.2, 0) is 0 Å². The number of aldehydes is 1. The molecule has 1 aliphatic rings. The highest BCUT2D eigenvalue weighted by Crippen LogP contribution is 2.34. The first-order valence-electron chi connectivity index (χ1n) is 8.54. The number of rotatable bonds is 7. The van der Waals surface area contributed by atoms with Crippen LogP contribution in [0, 0.1) is 0 Å². The summed E-state index contributed by atoms with van der Waals surface area (Å²) in [5.74, 6) is 1.26. The number of aromatic hydroxyl groups is 1. The molecule has 1 saturated heterocycles. The van der Waals surface area contributed by atoms with Crippen molar-refractivity contribution in [3.8, 4) is 17.2 Å². The monoisotopic (exact) mass is 341 g/mol. The molecule has 1 aliphatic heterocycles. The molecule has 0 saturated carbocycles. The van der Waals surface area contributed by atoms with E-state index in [-0.39, 0.29) is 11.3 Å². The molecule has 1 N–H and O–H groups in total. The highest BCUT2D eigenvalue weighted by atomic mass is 16.5. The van der Waals surface area contributed by atoms with Crippen LogP contribution in [-0.4, -0.2) is 37.7 Å². The molecule has 0 spiro atoms. The number of para-hydroxylation sites is 2. The number of phenols is 1. The standard InChI is InChI=1S/C20H23NO4/c1-24-20-9-3-2-7-17(20)21-12-5-6-15(21)11-13-25-19-10-4-8-18(23)16(19)14-22/h2-4,7-10,14-15,23H,5-6,11-13H2,1H3/t15-/m0/s1. The van der Waals surface area contributed by atoms with Gasteiger partial charge in [0.1, 0.15) is 17.2 Å². The van der Waals surface area contributed by atoms with Crippen LogP contribution in [0.4, 0.5) is 5.69 Å². The number of benzene rings is 2. The minimum absolute atomic E-state index is 0.0518. The fraction of sp³-hybridized carbons (Fsp3) is 0.350. The van der Waals surface area contributed by atoms with Gasteiger partial charge in [-0.25, -0.2) is 0 Å². The largest absolute Gasteiger partial charge is 0.507 e. The van der Waals surface area contributed by atoms with Crippen molar-refractivity contribution in [1.82, 2.24) is 0 Å². The van der Waals surface area contributed by atoms with Crippen molar-refractivity contribution >= 4 is 12.0 Å². The van der Waals surface area contributed by atoms with E-state index in [4.69, 9.17) is 9.47 Å². The molecule has 0 radical (unpaired) electrons. The molecule has 132 valence electrons. The van der Waals surface area contributed by atoms with E-state index in [1.807, 2.05) is 18.2 Å². The second kappa shape index (κ2) is 7.92. The first kappa shape index (κ1) is 17.1. The Bertz CT molecular complexity index is 731. The quantitative estimate of drug-likeness (QED) is 0.779. The number of methoxy groups -OCH3 is 1. The van der Waals surface area contributed by atoms with E-state index in [1.165, 1.54) is 6.07 Å². The summed E-state index contributed by atoms with van der Waals surface area (Å²) in [6, 6.07) is 13.3. The number of anilines is 1. The summed E-state index contributed by atoms with van der Waals surface area (Å²) in [6.07, 6.45) is 3.70. The first-order valence-corrected chi connectivity index (χ1v) is 8.54. The Morgan fingerprint density at radius 1 is 1.20 bits per heavy atom. The lowest BCUT2D eigenvalue weighted by Crippen LogP contribution is -2.31. The van der Waals surface area contributed by atoms with Gasteiger partial charge in [-0.15, -0.1) is 0 Å². The maximum atomic E-state index is 11.1. The maximum absolute atomic E-state index is 11.1. The lowest BCUT2D eigenvalue weighted by atomic mass is 10.1. The number of ether oxygens (including phenoxy) is 2. The highest BCUT2D eigenvalue weighted by Gasteiger charge is 2.26. The van der Waals surface area contributed by atoms with E-state index < -0.39 is 0 Å². The Morgan fingerprint density at radius 3 is 2.80 bits per heavy atom. The predicted octanol–water partition coefficient (Wildman–Crippen LogP) is 3.65. The van der Waals surface area contributed by atoms with Crippen molar-refractivity contribution in [2.45, 2.75) is 25.3 Å². The molecule has 2 aromatic carbocycles. The molecule has 5 heteroatoms. The van der Waals surface area contributed by atoms with Crippen molar-refractivity contribution in [1.29, 1.82) is 0 Å². The SMILES string of the molecule is COc1ccccc1N1CCC[C@H]1CCOc1cccc(O)c1C=O. The van der Waals surface area contributed by atoms with Crippen LogP contribution in [0.1, 0.15) is 29.6 Å². The molecular formula is C20H23NO4. The van der Waals surface area contributed by atoms with Gasteiger partial charge in [0, 0.05) is 19.0 Å². The predicted molar refractivity (Wildman–Crippen MR) is 97.0 cm³/mol. The second-order valence-electron chi connectivity index (χ2n) is 6.11. The van der Waals surface area contributed by atoms with Crippen molar-refractivity contribution < 1.29 is 19.4 Å². The Balaban J connectivity index is 1.65. The van der Waals surface area contributed by atoms with Crippen molar-refractivity contribution in [2.24, 2.45) is 0 Å². The minimum atomic E-state index is -0.0518. The van der Waals surface area contributed by atoms with E-state index >= 15 is 0 Å². The average molecular weight is 341 g/mol. The van der Waals surface area contributed by atoms with Gasteiger partial charge in [-0.05, 0) is 37.1 Å². The van der Waals surface area contributed by atoms with Crippen molar-refractivity contribution in [3.63, 3.8) is 0 Å². The summed E-state index contributed by atoms with van der Waals surface area (Å²) in [7, 11) is 1.69. The highest BCUT2D eigenvalue weighted by molar-refractivity contribution is 5.83. The summed E-state index contributed by atoms with van der Waals surface area (Å²) in [5.41, 5.74) is 1.31. The van der Waals surface area contributed by atoms with Gasteiger partial charge in [-0.1, -0.05) is 18.2 Å². The van der Waals surface area contributed by atoms with Gasteiger partial charge in [0.15, 0.2) is 6.29 Å². The maximum Gasteiger partial charge on any atom is 0.157 e. The lowest BCUT2D eigenvalue weighted by molar-refractivity contribution is 0.111. The second-order valence-corrected chi connectivity index (χ2v) is 6.11. The molecule has 1 heterocycles. The number of phenolic OH excluding ortho intramolecular Hbond substituents is 1. The number of hydrogen-bond donors (Lipinski definition) is 1. The zero-order valence-electron chi connectivity index (χ0n) is 14.4. The van der Waals surface area contributed by atoms with Crippen LogP contribution in [0.5, 0.6) is 17.2 Å². The van der Waals surface area contributed by atoms with Crippen LogP contribution in [0.3, 0.4) is 0 Å². The Morgan fingerprint density at radius 2 is 2.00 bits per heavy atom. The fourth-order valence-electron chi connectivity index (χ4n) is 3.40. The molecule has 0 aliphatic carbocycles. The van der Waals surface area contributed by atoms with E-state index in [1.54, 1.807) is 19.2 Å². The molecule has 0 amide bonds. The minimum Gasteiger partial charge on any atom is -0.507 e.